The molecular weight excluding hydrogens is 224 g/mol. The van der Waals surface area contributed by atoms with Gasteiger partial charge in [0.1, 0.15) is 5.54 Å². The Bertz CT molecular complexity index is 427. The average molecular weight is 246 g/mol. The van der Waals surface area contributed by atoms with Gasteiger partial charge in [0.2, 0.25) is 5.91 Å². The minimum absolute atomic E-state index is 0.215. The number of anilines is 1. The number of primary amides is 1. The summed E-state index contributed by atoms with van der Waals surface area (Å²) in [5.41, 5.74) is 7.32. The summed E-state index contributed by atoms with van der Waals surface area (Å²) in [5.74, 6) is 0.128. The van der Waals surface area contributed by atoms with Crippen molar-refractivity contribution < 1.29 is 4.79 Å². The van der Waals surface area contributed by atoms with E-state index in [1.807, 2.05) is 24.3 Å². The highest BCUT2D eigenvalue weighted by atomic mass is 16.1. The third-order valence-corrected chi connectivity index (χ3v) is 4.17. The molecule has 2 atom stereocenters. The lowest BCUT2D eigenvalue weighted by Crippen LogP contribution is -2.53. The summed E-state index contributed by atoms with van der Waals surface area (Å²) in [5, 5.41) is 3.41. The predicted molar refractivity (Wildman–Crippen MR) is 74.4 cm³/mol. The number of carbonyl (C=O) groups is 1. The van der Waals surface area contributed by atoms with Gasteiger partial charge in [0.05, 0.1) is 0 Å². The van der Waals surface area contributed by atoms with E-state index < -0.39 is 5.54 Å². The molecule has 2 unspecified atom stereocenters. The molecule has 2 rings (SSSR count). The predicted octanol–water partition coefficient (Wildman–Crippen LogP) is 2.84. The van der Waals surface area contributed by atoms with Crippen LogP contribution in [0.5, 0.6) is 0 Å². The molecule has 0 heterocycles. The third-order valence-electron chi connectivity index (χ3n) is 4.17. The van der Waals surface area contributed by atoms with E-state index in [9.17, 15) is 4.79 Å². The number of benzene rings is 1. The number of rotatable bonds is 4. The molecule has 18 heavy (non-hydrogen) atoms. The highest BCUT2D eigenvalue weighted by Crippen LogP contribution is 2.40. The maximum Gasteiger partial charge on any atom is 0.243 e. The summed E-state index contributed by atoms with van der Waals surface area (Å²) in [7, 11) is 0. The molecule has 1 aliphatic rings. The fourth-order valence-electron chi connectivity index (χ4n) is 3.08. The van der Waals surface area contributed by atoms with Crippen molar-refractivity contribution in [2.24, 2.45) is 11.7 Å². The highest BCUT2D eigenvalue weighted by Gasteiger charge is 2.46. The van der Waals surface area contributed by atoms with E-state index >= 15 is 0 Å². The molecule has 1 aromatic rings. The standard InChI is InChI=1S/C15H22N2O/c1-3-12-5-4-10-15(12,14(16)18)17-13-8-6-11(2)7-9-13/h6-9,12,17H,3-5,10H2,1-2H3,(H2,16,18). The second kappa shape index (κ2) is 5.01. The number of nitrogens with two attached hydrogens (primary N) is 1. The van der Waals surface area contributed by atoms with Gasteiger partial charge in [-0.2, -0.15) is 0 Å². The van der Waals surface area contributed by atoms with Crippen LogP contribution in [0, 0.1) is 12.8 Å². The summed E-state index contributed by atoms with van der Waals surface area (Å²) >= 11 is 0. The Morgan fingerprint density at radius 2 is 2.11 bits per heavy atom. The summed E-state index contributed by atoms with van der Waals surface area (Å²) < 4.78 is 0. The van der Waals surface area contributed by atoms with Crippen molar-refractivity contribution in [1.29, 1.82) is 0 Å². The third kappa shape index (κ3) is 2.22. The molecule has 0 saturated heterocycles. The lowest BCUT2D eigenvalue weighted by molar-refractivity contribution is -0.123. The molecule has 1 amide bonds. The normalized spacial score (nSPS) is 27.1. The smallest absolute Gasteiger partial charge is 0.243 e. The lowest BCUT2D eigenvalue weighted by Gasteiger charge is -2.34. The van der Waals surface area contributed by atoms with E-state index in [2.05, 4.69) is 19.2 Å². The largest absolute Gasteiger partial charge is 0.371 e. The van der Waals surface area contributed by atoms with E-state index in [1.165, 1.54) is 5.56 Å². The fourth-order valence-corrected chi connectivity index (χ4v) is 3.08. The Labute approximate surface area is 109 Å². The maximum atomic E-state index is 11.9. The van der Waals surface area contributed by atoms with Crippen LogP contribution in [0.15, 0.2) is 24.3 Å². The summed E-state index contributed by atoms with van der Waals surface area (Å²) in [6, 6.07) is 8.13. The quantitative estimate of drug-likeness (QED) is 0.858. The summed E-state index contributed by atoms with van der Waals surface area (Å²) in [4.78, 5) is 11.9. The van der Waals surface area contributed by atoms with Gasteiger partial charge in [0.25, 0.3) is 0 Å². The van der Waals surface area contributed by atoms with Gasteiger partial charge in [-0.05, 0) is 37.8 Å². The molecule has 0 aliphatic heterocycles. The van der Waals surface area contributed by atoms with Gasteiger partial charge in [-0.3, -0.25) is 4.79 Å². The Hall–Kier alpha value is -1.51. The highest BCUT2D eigenvalue weighted by molar-refractivity contribution is 5.88. The number of nitrogens with one attached hydrogen (secondary N) is 1. The molecule has 0 radical (unpaired) electrons. The minimum Gasteiger partial charge on any atom is -0.371 e. The number of aryl methyl sites for hydroxylation is 1. The molecule has 0 spiro atoms. The number of hydrogen-bond acceptors (Lipinski definition) is 2. The second-order valence-corrected chi connectivity index (χ2v) is 5.32. The molecule has 3 nitrogen and oxygen atoms in total. The molecule has 1 aliphatic carbocycles. The Morgan fingerprint density at radius 1 is 1.44 bits per heavy atom. The second-order valence-electron chi connectivity index (χ2n) is 5.32. The van der Waals surface area contributed by atoms with Crippen LogP contribution in [-0.4, -0.2) is 11.4 Å². The van der Waals surface area contributed by atoms with Gasteiger partial charge in [0, 0.05) is 5.69 Å². The van der Waals surface area contributed by atoms with Crippen LogP contribution in [0.3, 0.4) is 0 Å². The first kappa shape index (κ1) is 12.9. The van der Waals surface area contributed by atoms with E-state index in [4.69, 9.17) is 5.73 Å². The Balaban J connectivity index is 2.26. The van der Waals surface area contributed by atoms with Crippen molar-refractivity contribution in [2.75, 3.05) is 5.32 Å². The number of amides is 1. The average Bonchev–Trinajstić information content (AvgIpc) is 2.76. The van der Waals surface area contributed by atoms with Crippen LogP contribution < -0.4 is 11.1 Å². The van der Waals surface area contributed by atoms with Crippen LogP contribution >= 0.6 is 0 Å². The van der Waals surface area contributed by atoms with E-state index in [-0.39, 0.29) is 5.91 Å². The van der Waals surface area contributed by atoms with E-state index in [1.54, 1.807) is 0 Å². The van der Waals surface area contributed by atoms with E-state index in [0.29, 0.717) is 5.92 Å². The molecule has 0 aromatic heterocycles. The zero-order valence-electron chi connectivity index (χ0n) is 11.2. The van der Waals surface area contributed by atoms with Gasteiger partial charge in [-0.25, -0.2) is 0 Å². The first-order valence-corrected chi connectivity index (χ1v) is 6.73. The monoisotopic (exact) mass is 246 g/mol. The zero-order chi connectivity index (χ0) is 13.2. The van der Waals surface area contributed by atoms with Crippen molar-refractivity contribution in [2.45, 2.75) is 45.1 Å². The molecule has 3 N–H and O–H groups in total. The molecule has 98 valence electrons. The van der Waals surface area contributed by atoms with Crippen LogP contribution in [-0.2, 0) is 4.79 Å². The minimum atomic E-state index is -0.552. The molecule has 1 saturated carbocycles. The van der Waals surface area contributed by atoms with Crippen LogP contribution in [0.2, 0.25) is 0 Å². The van der Waals surface area contributed by atoms with E-state index in [0.717, 1.165) is 31.4 Å². The number of hydrogen-bond donors (Lipinski definition) is 2. The van der Waals surface area contributed by atoms with Crippen molar-refractivity contribution in [3.8, 4) is 0 Å². The zero-order valence-corrected chi connectivity index (χ0v) is 11.2. The van der Waals surface area contributed by atoms with Gasteiger partial charge < -0.3 is 11.1 Å². The number of carbonyl (C=O) groups excluding carboxylic acids is 1. The van der Waals surface area contributed by atoms with Crippen molar-refractivity contribution >= 4 is 11.6 Å². The van der Waals surface area contributed by atoms with Gasteiger partial charge in [-0.1, -0.05) is 37.5 Å². The molecule has 1 aromatic carbocycles. The SMILES string of the molecule is CCC1CCCC1(Nc1ccc(C)cc1)C(N)=O. The summed E-state index contributed by atoms with van der Waals surface area (Å²) in [6.07, 6.45) is 3.98. The molecular formula is C15H22N2O. The topological polar surface area (TPSA) is 55.1 Å². The molecule has 3 heteroatoms. The van der Waals surface area contributed by atoms with Crippen molar-refractivity contribution in [1.82, 2.24) is 0 Å². The van der Waals surface area contributed by atoms with Gasteiger partial charge >= 0.3 is 0 Å². The van der Waals surface area contributed by atoms with Crippen LogP contribution in [0.25, 0.3) is 0 Å². The first-order chi connectivity index (χ1) is 8.58. The van der Waals surface area contributed by atoms with Gasteiger partial charge in [0.15, 0.2) is 0 Å². The van der Waals surface area contributed by atoms with Gasteiger partial charge in [-0.15, -0.1) is 0 Å². The van der Waals surface area contributed by atoms with Crippen LogP contribution in [0.1, 0.15) is 38.2 Å². The molecule has 0 bridgehead atoms. The first-order valence-electron chi connectivity index (χ1n) is 6.73. The maximum absolute atomic E-state index is 11.9. The van der Waals surface area contributed by atoms with Crippen molar-refractivity contribution in [3.63, 3.8) is 0 Å². The van der Waals surface area contributed by atoms with Crippen molar-refractivity contribution in [3.05, 3.63) is 29.8 Å². The fraction of sp³-hybridized carbons (Fsp3) is 0.533. The summed E-state index contributed by atoms with van der Waals surface area (Å²) in [6.45, 7) is 4.18. The lowest BCUT2D eigenvalue weighted by atomic mass is 9.84. The van der Waals surface area contributed by atoms with Crippen LogP contribution in [0.4, 0.5) is 5.69 Å². The Kier molecular flexibility index (Phi) is 3.60. The molecule has 1 fully saturated rings. The Morgan fingerprint density at radius 3 is 2.67 bits per heavy atom.